The van der Waals surface area contributed by atoms with Crippen LogP contribution in [0.15, 0.2) is 58.8 Å². The van der Waals surface area contributed by atoms with Gasteiger partial charge in [0.2, 0.25) is 5.95 Å². The highest BCUT2D eigenvalue weighted by atomic mass is 35.5. The SMILES string of the molecule is Nc1nc(N2CCC3(CC2)Oc2cnccc2C3N)n2ccnc2c1Sc1cccc(Cl)c1Cl. The molecule has 1 spiro atoms. The molecule has 1 saturated heterocycles. The highest BCUT2D eigenvalue weighted by Crippen LogP contribution is 2.47. The van der Waals surface area contributed by atoms with Gasteiger partial charge in [-0.05, 0) is 18.2 Å². The van der Waals surface area contributed by atoms with Crippen LogP contribution in [0.5, 0.6) is 5.75 Å². The summed E-state index contributed by atoms with van der Waals surface area (Å²) in [4.78, 5) is 17.2. The zero-order valence-corrected chi connectivity index (χ0v) is 20.3. The third-order valence-corrected chi connectivity index (χ3v) is 8.65. The Bertz CT molecular complexity index is 1400. The molecule has 2 aliphatic rings. The fourth-order valence-electron chi connectivity index (χ4n) is 4.75. The molecule has 34 heavy (non-hydrogen) atoms. The molecular formula is C23H21Cl2N7OS. The quantitative estimate of drug-likeness (QED) is 0.409. The minimum absolute atomic E-state index is 0.180. The fraction of sp³-hybridized carbons (Fsp3) is 0.261. The first-order valence-electron chi connectivity index (χ1n) is 10.8. The number of aromatic nitrogens is 4. The molecule has 11 heteroatoms. The monoisotopic (exact) mass is 513 g/mol. The van der Waals surface area contributed by atoms with Gasteiger partial charge in [0.15, 0.2) is 5.65 Å². The van der Waals surface area contributed by atoms with E-state index in [1.807, 2.05) is 28.8 Å². The smallest absolute Gasteiger partial charge is 0.213 e. The summed E-state index contributed by atoms with van der Waals surface area (Å²) >= 11 is 14.0. The van der Waals surface area contributed by atoms with E-state index in [0.29, 0.717) is 15.9 Å². The minimum atomic E-state index is -0.430. The van der Waals surface area contributed by atoms with Crippen molar-refractivity contribution in [2.24, 2.45) is 5.73 Å². The summed E-state index contributed by atoms with van der Waals surface area (Å²) in [5, 5.41) is 0.967. The van der Waals surface area contributed by atoms with Gasteiger partial charge in [-0.15, -0.1) is 0 Å². The summed E-state index contributed by atoms with van der Waals surface area (Å²) in [5.74, 6) is 1.92. The highest BCUT2D eigenvalue weighted by Gasteiger charge is 2.48. The Kier molecular flexibility index (Phi) is 5.25. The zero-order valence-electron chi connectivity index (χ0n) is 18.0. The number of nitrogen functional groups attached to an aromatic ring is 1. The molecule has 8 nitrogen and oxygen atoms in total. The summed E-state index contributed by atoms with van der Waals surface area (Å²) in [6.07, 6.45) is 8.66. The van der Waals surface area contributed by atoms with Crippen LogP contribution in [0.1, 0.15) is 24.4 Å². The van der Waals surface area contributed by atoms with Crippen LogP contribution in [-0.4, -0.2) is 38.0 Å². The summed E-state index contributed by atoms with van der Waals surface area (Å²) in [7, 11) is 0. The molecule has 3 aromatic heterocycles. The number of anilines is 2. The Hall–Kier alpha value is -2.72. The van der Waals surface area contributed by atoms with Crippen molar-refractivity contribution in [1.82, 2.24) is 19.4 Å². The van der Waals surface area contributed by atoms with Gasteiger partial charge in [-0.2, -0.15) is 4.98 Å². The van der Waals surface area contributed by atoms with E-state index in [-0.39, 0.29) is 6.04 Å². The number of halogens is 2. The Morgan fingerprint density at radius 2 is 1.97 bits per heavy atom. The highest BCUT2D eigenvalue weighted by molar-refractivity contribution is 7.99. The summed E-state index contributed by atoms with van der Waals surface area (Å²) in [5.41, 5.74) is 14.4. The van der Waals surface area contributed by atoms with E-state index in [2.05, 4.69) is 14.9 Å². The first-order valence-corrected chi connectivity index (χ1v) is 12.4. The van der Waals surface area contributed by atoms with Crippen LogP contribution in [0.4, 0.5) is 11.8 Å². The summed E-state index contributed by atoms with van der Waals surface area (Å²) in [6.45, 7) is 1.45. The third-order valence-electron chi connectivity index (χ3n) is 6.56. The number of piperidine rings is 1. The second-order valence-corrected chi connectivity index (χ2v) is 10.3. The lowest BCUT2D eigenvalue weighted by Crippen LogP contribution is -2.52. The number of hydrogen-bond donors (Lipinski definition) is 2. The van der Waals surface area contributed by atoms with Gasteiger partial charge in [-0.1, -0.05) is 41.0 Å². The van der Waals surface area contributed by atoms with Crippen LogP contribution in [0.2, 0.25) is 10.0 Å². The Labute approximate surface area is 210 Å². The third kappa shape index (κ3) is 3.38. The second kappa shape index (κ2) is 8.20. The molecule has 1 fully saturated rings. The average Bonchev–Trinajstić information content (AvgIpc) is 3.43. The zero-order chi connectivity index (χ0) is 23.4. The topological polar surface area (TPSA) is 108 Å². The Morgan fingerprint density at radius 1 is 1.15 bits per heavy atom. The van der Waals surface area contributed by atoms with E-state index in [0.717, 1.165) is 58.6 Å². The number of pyridine rings is 1. The fourth-order valence-corrected chi connectivity index (χ4v) is 6.18. The Morgan fingerprint density at radius 3 is 2.76 bits per heavy atom. The molecule has 0 radical (unpaired) electrons. The maximum Gasteiger partial charge on any atom is 0.213 e. The normalized spacial score (nSPS) is 18.9. The molecule has 0 amide bonds. The van der Waals surface area contributed by atoms with Crippen LogP contribution < -0.4 is 21.1 Å². The average molecular weight is 514 g/mol. The van der Waals surface area contributed by atoms with E-state index in [4.69, 9.17) is 44.4 Å². The van der Waals surface area contributed by atoms with Crippen molar-refractivity contribution in [2.45, 2.75) is 34.3 Å². The maximum absolute atomic E-state index is 6.61. The van der Waals surface area contributed by atoms with Crippen molar-refractivity contribution < 1.29 is 4.74 Å². The van der Waals surface area contributed by atoms with Gasteiger partial charge >= 0.3 is 0 Å². The molecule has 1 unspecified atom stereocenters. The minimum Gasteiger partial charge on any atom is -0.483 e. The van der Waals surface area contributed by atoms with E-state index < -0.39 is 5.60 Å². The number of nitrogens with two attached hydrogens (primary N) is 2. The second-order valence-electron chi connectivity index (χ2n) is 8.45. The van der Waals surface area contributed by atoms with Gasteiger partial charge in [0.25, 0.3) is 0 Å². The first kappa shape index (κ1) is 21.8. The van der Waals surface area contributed by atoms with Crippen LogP contribution >= 0.6 is 35.0 Å². The Balaban J connectivity index is 1.29. The van der Waals surface area contributed by atoms with Gasteiger partial charge < -0.3 is 21.1 Å². The number of benzene rings is 1. The van der Waals surface area contributed by atoms with Gasteiger partial charge in [0, 0.05) is 55.0 Å². The van der Waals surface area contributed by atoms with E-state index in [9.17, 15) is 0 Å². The van der Waals surface area contributed by atoms with Crippen LogP contribution in [0.25, 0.3) is 5.65 Å². The number of rotatable bonds is 3. The number of imidazole rings is 1. The molecule has 4 aromatic rings. The lowest BCUT2D eigenvalue weighted by molar-refractivity contribution is 0.0427. The van der Waals surface area contributed by atoms with Gasteiger partial charge in [0.1, 0.15) is 17.2 Å². The summed E-state index contributed by atoms with van der Waals surface area (Å²) in [6, 6.07) is 7.27. The number of nitrogens with zero attached hydrogens (tertiary/aromatic N) is 5. The van der Waals surface area contributed by atoms with Gasteiger partial charge in [-0.3, -0.25) is 9.38 Å². The van der Waals surface area contributed by atoms with E-state index in [1.165, 1.54) is 11.8 Å². The maximum atomic E-state index is 6.61. The molecule has 0 aliphatic carbocycles. The number of ether oxygens (including phenoxy) is 1. The molecule has 2 aliphatic heterocycles. The largest absolute Gasteiger partial charge is 0.483 e. The van der Waals surface area contributed by atoms with E-state index >= 15 is 0 Å². The van der Waals surface area contributed by atoms with Crippen LogP contribution in [0.3, 0.4) is 0 Å². The standard InChI is InChI=1S/C23H21Cl2N7OS/c24-14-2-1-3-16(17(14)25)34-18-20(27)30-22(32-11-8-29-21(18)32)31-9-5-23(6-10-31)19(26)13-4-7-28-12-15(13)33-23/h1-4,7-8,11-12,19H,5-6,9-10,26-27H2. The van der Waals surface area contributed by atoms with Crippen LogP contribution in [0, 0.1) is 0 Å². The molecule has 0 saturated carbocycles. The molecule has 174 valence electrons. The van der Waals surface area contributed by atoms with E-state index in [1.54, 1.807) is 24.7 Å². The van der Waals surface area contributed by atoms with Crippen molar-refractivity contribution in [2.75, 3.05) is 23.7 Å². The van der Waals surface area contributed by atoms with Crippen molar-refractivity contribution >= 4 is 52.4 Å². The molecule has 4 N–H and O–H groups in total. The number of fused-ring (bicyclic) bond motifs is 2. The van der Waals surface area contributed by atoms with Crippen molar-refractivity contribution in [3.8, 4) is 5.75 Å². The summed E-state index contributed by atoms with van der Waals surface area (Å²) < 4.78 is 8.29. The lowest BCUT2D eigenvalue weighted by Gasteiger charge is -2.41. The van der Waals surface area contributed by atoms with Crippen LogP contribution in [-0.2, 0) is 0 Å². The molecule has 5 heterocycles. The molecule has 0 bridgehead atoms. The predicted molar refractivity (Wildman–Crippen MR) is 134 cm³/mol. The van der Waals surface area contributed by atoms with Crippen molar-refractivity contribution in [3.63, 3.8) is 0 Å². The van der Waals surface area contributed by atoms with Gasteiger partial charge in [0.05, 0.1) is 27.2 Å². The molecule has 1 atom stereocenters. The number of hydrogen-bond acceptors (Lipinski definition) is 8. The predicted octanol–water partition coefficient (Wildman–Crippen LogP) is 4.60. The van der Waals surface area contributed by atoms with Crippen molar-refractivity contribution in [3.05, 3.63) is 64.7 Å². The first-order chi connectivity index (χ1) is 16.5. The van der Waals surface area contributed by atoms with Gasteiger partial charge in [-0.25, -0.2) is 4.98 Å². The molecular weight excluding hydrogens is 493 g/mol. The molecule has 1 aromatic carbocycles. The lowest BCUT2D eigenvalue weighted by atomic mass is 9.83. The molecule has 6 rings (SSSR count). The van der Waals surface area contributed by atoms with Crippen molar-refractivity contribution in [1.29, 1.82) is 0 Å².